The number of hydrogen-bond acceptors (Lipinski definition) is 2. The Hall–Kier alpha value is -1.51. The van der Waals surface area contributed by atoms with Gasteiger partial charge in [-0.25, -0.2) is 0 Å². The molecule has 3 heteroatoms. The minimum Gasteiger partial charge on any atom is -0.487 e. The fourth-order valence-corrected chi connectivity index (χ4v) is 2.50. The van der Waals surface area contributed by atoms with Gasteiger partial charge in [0.25, 0.3) is 0 Å². The van der Waals surface area contributed by atoms with E-state index in [0.29, 0.717) is 0 Å². The molecule has 0 radical (unpaired) electrons. The predicted molar refractivity (Wildman–Crippen MR) is 77.6 cm³/mol. The van der Waals surface area contributed by atoms with Gasteiger partial charge >= 0.3 is 0 Å². The van der Waals surface area contributed by atoms with Crippen LogP contribution in [0.15, 0.2) is 18.2 Å². The molecule has 1 unspecified atom stereocenters. The number of fused-ring (bicyclic) bond motifs is 1. The molecule has 1 atom stereocenters. The van der Waals surface area contributed by atoms with Crippen molar-refractivity contribution in [3.05, 3.63) is 23.8 Å². The number of anilines is 1. The van der Waals surface area contributed by atoms with Crippen LogP contribution in [0.1, 0.15) is 46.1 Å². The van der Waals surface area contributed by atoms with Crippen molar-refractivity contribution >= 4 is 11.6 Å². The molecule has 0 bridgehead atoms. The second-order valence-electron chi connectivity index (χ2n) is 6.04. The lowest BCUT2D eigenvalue weighted by Crippen LogP contribution is -2.24. The molecule has 1 amide bonds. The van der Waals surface area contributed by atoms with Gasteiger partial charge in [0, 0.05) is 24.1 Å². The second-order valence-corrected chi connectivity index (χ2v) is 6.04. The monoisotopic (exact) mass is 261 g/mol. The number of ether oxygens (including phenoxy) is 1. The van der Waals surface area contributed by atoms with Crippen molar-refractivity contribution in [3.63, 3.8) is 0 Å². The summed E-state index contributed by atoms with van der Waals surface area (Å²) in [7, 11) is 0. The number of carbonyl (C=O) groups is 1. The molecule has 0 aliphatic carbocycles. The van der Waals surface area contributed by atoms with Crippen LogP contribution in [-0.4, -0.2) is 11.5 Å². The van der Waals surface area contributed by atoms with E-state index in [9.17, 15) is 4.79 Å². The number of rotatable bonds is 4. The topological polar surface area (TPSA) is 38.3 Å². The first kappa shape index (κ1) is 13.9. The summed E-state index contributed by atoms with van der Waals surface area (Å²) in [6.07, 6.45) is 2.86. The Labute approximate surface area is 115 Å². The quantitative estimate of drug-likeness (QED) is 0.895. The molecule has 0 spiro atoms. The molecular formula is C16H23NO2. The van der Waals surface area contributed by atoms with Crippen LogP contribution in [-0.2, 0) is 11.2 Å². The van der Waals surface area contributed by atoms with E-state index in [4.69, 9.17) is 4.74 Å². The Morgan fingerprint density at radius 2 is 2.21 bits per heavy atom. The molecule has 0 aromatic heterocycles. The highest BCUT2D eigenvalue weighted by Gasteiger charge is 2.30. The van der Waals surface area contributed by atoms with E-state index in [1.54, 1.807) is 0 Å². The number of amides is 1. The third-order valence-corrected chi connectivity index (χ3v) is 3.51. The molecule has 104 valence electrons. The first-order valence-electron chi connectivity index (χ1n) is 7.04. The zero-order chi connectivity index (χ0) is 14.0. The lowest BCUT2D eigenvalue weighted by atomic mass is 10.0. The number of carbonyl (C=O) groups excluding carboxylic acids is 1. The molecule has 1 N–H and O–H groups in total. The van der Waals surface area contributed by atoms with E-state index in [1.165, 1.54) is 5.56 Å². The summed E-state index contributed by atoms with van der Waals surface area (Å²) in [5.74, 6) is 1.03. The maximum atomic E-state index is 12.0. The molecule has 1 aliphatic rings. The summed E-state index contributed by atoms with van der Waals surface area (Å²) < 4.78 is 5.87. The first-order valence-corrected chi connectivity index (χ1v) is 7.04. The average molecular weight is 261 g/mol. The van der Waals surface area contributed by atoms with Gasteiger partial charge in [-0.05, 0) is 31.9 Å². The number of nitrogens with one attached hydrogen (secondary N) is 1. The third kappa shape index (κ3) is 3.28. The summed E-state index contributed by atoms with van der Waals surface area (Å²) in [5, 5.41) is 2.96. The Kier molecular flexibility index (Phi) is 3.83. The van der Waals surface area contributed by atoms with Gasteiger partial charge in [0.05, 0.1) is 0 Å². The molecule has 1 aliphatic heterocycles. The van der Waals surface area contributed by atoms with Crippen molar-refractivity contribution < 1.29 is 9.53 Å². The van der Waals surface area contributed by atoms with Gasteiger partial charge in [-0.3, -0.25) is 4.79 Å². The van der Waals surface area contributed by atoms with Crippen molar-refractivity contribution in [2.45, 2.75) is 52.6 Å². The average Bonchev–Trinajstić information content (AvgIpc) is 2.62. The lowest BCUT2D eigenvalue weighted by molar-refractivity contribution is -0.119. The van der Waals surface area contributed by atoms with Gasteiger partial charge in [0.15, 0.2) is 0 Å². The van der Waals surface area contributed by atoms with Crippen molar-refractivity contribution in [1.29, 1.82) is 0 Å². The molecule has 0 saturated carbocycles. The van der Waals surface area contributed by atoms with Crippen LogP contribution in [0.3, 0.4) is 0 Å². The van der Waals surface area contributed by atoms with Crippen LogP contribution in [0, 0.1) is 5.92 Å². The second kappa shape index (κ2) is 5.24. The minimum atomic E-state index is -0.138. The van der Waals surface area contributed by atoms with Gasteiger partial charge in [0.1, 0.15) is 11.4 Å². The Bertz CT molecular complexity index is 480. The SMILES string of the molecule is CCCC(C)C(=O)Nc1ccc2c(c1)OC(C)(C)C2. The van der Waals surface area contributed by atoms with Crippen LogP contribution in [0.4, 0.5) is 5.69 Å². The summed E-state index contributed by atoms with van der Waals surface area (Å²) in [6, 6.07) is 5.94. The highest BCUT2D eigenvalue weighted by Crippen LogP contribution is 2.36. The van der Waals surface area contributed by atoms with E-state index in [-0.39, 0.29) is 17.4 Å². The number of hydrogen-bond donors (Lipinski definition) is 1. The summed E-state index contributed by atoms with van der Waals surface area (Å²) in [6.45, 7) is 8.21. The van der Waals surface area contributed by atoms with Gasteiger partial charge in [-0.15, -0.1) is 0 Å². The van der Waals surface area contributed by atoms with Crippen molar-refractivity contribution in [1.82, 2.24) is 0 Å². The van der Waals surface area contributed by atoms with Crippen LogP contribution in [0.25, 0.3) is 0 Å². The molecule has 3 nitrogen and oxygen atoms in total. The van der Waals surface area contributed by atoms with Gasteiger partial charge in [0.2, 0.25) is 5.91 Å². The molecule has 1 aromatic carbocycles. The molecule has 0 fully saturated rings. The highest BCUT2D eigenvalue weighted by molar-refractivity contribution is 5.92. The van der Waals surface area contributed by atoms with E-state index in [1.807, 2.05) is 25.1 Å². The third-order valence-electron chi connectivity index (χ3n) is 3.51. The normalized spacial score (nSPS) is 17.5. The zero-order valence-electron chi connectivity index (χ0n) is 12.2. The maximum absolute atomic E-state index is 12.0. The Balaban J connectivity index is 2.06. The summed E-state index contributed by atoms with van der Waals surface area (Å²) in [4.78, 5) is 12.0. The predicted octanol–water partition coefficient (Wildman–Crippen LogP) is 3.77. The lowest BCUT2D eigenvalue weighted by Gasteiger charge is -2.17. The van der Waals surface area contributed by atoms with Crippen LogP contribution >= 0.6 is 0 Å². The fourth-order valence-electron chi connectivity index (χ4n) is 2.50. The van der Waals surface area contributed by atoms with Crippen molar-refractivity contribution in [3.8, 4) is 5.75 Å². The van der Waals surface area contributed by atoms with Crippen LogP contribution in [0.5, 0.6) is 5.75 Å². The largest absolute Gasteiger partial charge is 0.487 e. The smallest absolute Gasteiger partial charge is 0.227 e. The summed E-state index contributed by atoms with van der Waals surface area (Å²) in [5.41, 5.74) is 1.90. The van der Waals surface area contributed by atoms with Crippen LogP contribution < -0.4 is 10.1 Å². The molecule has 0 saturated heterocycles. The van der Waals surface area contributed by atoms with E-state index in [0.717, 1.165) is 30.7 Å². The van der Waals surface area contributed by atoms with E-state index < -0.39 is 0 Å². The Morgan fingerprint density at radius 1 is 1.47 bits per heavy atom. The standard InChI is InChI=1S/C16H23NO2/c1-5-6-11(2)15(18)17-13-8-7-12-10-16(3,4)19-14(12)9-13/h7-9,11H,5-6,10H2,1-4H3,(H,17,18). The maximum Gasteiger partial charge on any atom is 0.227 e. The first-order chi connectivity index (χ1) is 8.91. The zero-order valence-corrected chi connectivity index (χ0v) is 12.2. The minimum absolute atomic E-state index is 0.0515. The Morgan fingerprint density at radius 3 is 2.89 bits per heavy atom. The van der Waals surface area contributed by atoms with Crippen LogP contribution in [0.2, 0.25) is 0 Å². The summed E-state index contributed by atoms with van der Waals surface area (Å²) >= 11 is 0. The van der Waals surface area contributed by atoms with Gasteiger partial charge in [-0.1, -0.05) is 26.3 Å². The molecular weight excluding hydrogens is 238 g/mol. The molecule has 2 rings (SSSR count). The number of benzene rings is 1. The van der Waals surface area contributed by atoms with Gasteiger partial charge < -0.3 is 10.1 Å². The molecule has 1 heterocycles. The molecule has 19 heavy (non-hydrogen) atoms. The van der Waals surface area contributed by atoms with Crippen molar-refractivity contribution in [2.24, 2.45) is 5.92 Å². The molecule has 1 aromatic rings. The fraction of sp³-hybridized carbons (Fsp3) is 0.562. The van der Waals surface area contributed by atoms with E-state index >= 15 is 0 Å². The van der Waals surface area contributed by atoms with E-state index in [2.05, 4.69) is 26.1 Å². The van der Waals surface area contributed by atoms with Gasteiger partial charge in [-0.2, -0.15) is 0 Å². The highest BCUT2D eigenvalue weighted by atomic mass is 16.5. The van der Waals surface area contributed by atoms with Crippen molar-refractivity contribution in [2.75, 3.05) is 5.32 Å².